The van der Waals surface area contributed by atoms with E-state index >= 15 is 0 Å². The van der Waals surface area contributed by atoms with E-state index in [9.17, 15) is 5.11 Å². The van der Waals surface area contributed by atoms with Crippen molar-refractivity contribution in [3.8, 4) is 5.75 Å². The zero-order chi connectivity index (χ0) is 13.6. The standard InChI is InChI=1S/C13H20ClNO3/c1-13(2,3)18-15-8-11(16)9-17-12-6-4-10(14)5-7-12/h4-7,11,15-16H,8-9H2,1-3H3. The van der Waals surface area contributed by atoms with Crippen molar-refractivity contribution < 1.29 is 14.7 Å². The van der Waals surface area contributed by atoms with Gasteiger partial charge in [0.1, 0.15) is 18.5 Å². The number of hydrogen-bond acceptors (Lipinski definition) is 4. The maximum Gasteiger partial charge on any atom is 0.119 e. The van der Waals surface area contributed by atoms with Crippen LogP contribution in [0.4, 0.5) is 0 Å². The molecule has 1 atom stereocenters. The Labute approximate surface area is 113 Å². The minimum absolute atomic E-state index is 0.197. The second kappa shape index (κ2) is 6.95. The molecule has 102 valence electrons. The molecule has 0 fully saturated rings. The molecule has 5 heteroatoms. The average molecular weight is 274 g/mol. The van der Waals surface area contributed by atoms with Crippen LogP contribution in [0.2, 0.25) is 5.02 Å². The van der Waals surface area contributed by atoms with Gasteiger partial charge in [-0.2, -0.15) is 5.48 Å². The first kappa shape index (κ1) is 15.2. The summed E-state index contributed by atoms with van der Waals surface area (Å²) >= 11 is 5.75. The van der Waals surface area contributed by atoms with Crippen LogP contribution in [0.25, 0.3) is 0 Å². The number of ether oxygens (including phenoxy) is 1. The highest BCUT2D eigenvalue weighted by molar-refractivity contribution is 6.30. The molecule has 2 N–H and O–H groups in total. The summed E-state index contributed by atoms with van der Waals surface area (Å²) in [6.45, 7) is 6.29. The molecule has 0 bridgehead atoms. The van der Waals surface area contributed by atoms with Crippen LogP contribution in [0.3, 0.4) is 0 Å². The Balaban J connectivity index is 2.21. The Morgan fingerprint density at radius 3 is 2.44 bits per heavy atom. The summed E-state index contributed by atoms with van der Waals surface area (Å²) in [6.07, 6.45) is -0.636. The van der Waals surface area contributed by atoms with E-state index in [2.05, 4.69) is 5.48 Å². The van der Waals surface area contributed by atoms with Gasteiger partial charge in [-0.25, -0.2) is 0 Å². The normalized spacial score (nSPS) is 13.4. The van der Waals surface area contributed by atoms with Gasteiger partial charge in [0.25, 0.3) is 0 Å². The number of benzene rings is 1. The predicted molar refractivity (Wildman–Crippen MR) is 71.8 cm³/mol. The van der Waals surface area contributed by atoms with Crippen LogP contribution >= 0.6 is 11.6 Å². The van der Waals surface area contributed by atoms with Gasteiger partial charge in [-0.15, -0.1) is 0 Å². The highest BCUT2D eigenvalue weighted by Crippen LogP contribution is 2.15. The molecule has 18 heavy (non-hydrogen) atoms. The minimum Gasteiger partial charge on any atom is -0.491 e. The van der Waals surface area contributed by atoms with Crippen molar-refractivity contribution >= 4 is 11.6 Å². The topological polar surface area (TPSA) is 50.7 Å². The monoisotopic (exact) mass is 273 g/mol. The number of rotatable bonds is 6. The van der Waals surface area contributed by atoms with Crippen LogP contribution < -0.4 is 10.2 Å². The van der Waals surface area contributed by atoms with Gasteiger partial charge in [-0.05, 0) is 45.0 Å². The van der Waals surface area contributed by atoms with Gasteiger partial charge in [0.05, 0.1) is 12.1 Å². The summed E-state index contributed by atoms with van der Waals surface area (Å²) in [4.78, 5) is 5.28. The molecule has 0 saturated carbocycles. The largest absolute Gasteiger partial charge is 0.491 e. The summed E-state index contributed by atoms with van der Waals surface area (Å²) in [7, 11) is 0. The maximum atomic E-state index is 9.67. The lowest BCUT2D eigenvalue weighted by Gasteiger charge is -2.21. The second-order valence-electron chi connectivity index (χ2n) is 4.98. The number of hydrogen-bond donors (Lipinski definition) is 2. The van der Waals surface area contributed by atoms with Crippen molar-refractivity contribution in [3.05, 3.63) is 29.3 Å². The third kappa shape index (κ3) is 6.81. The van der Waals surface area contributed by atoms with Gasteiger partial charge in [0.2, 0.25) is 0 Å². The van der Waals surface area contributed by atoms with E-state index in [4.69, 9.17) is 21.2 Å². The third-order valence-corrected chi connectivity index (χ3v) is 2.21. The summed E-state index contributed by atoms with van der Waals surface area (Å²) in [6, 6.07) is 7.00. The number of halogens is 1. The molecule has 0 spiro atoms. The maximum absolute atomic E-state index is 9.67. The van der Waals surface area contributed by atoms with E-state index in [0.717, 1.165) is 0 Å². The Morgan fingerprint density at radius 2 is 1.89 bits per heavy atom. The van der Waals surface area contributed by atoms with Crippen molar-refractivity contribution in [3.63, 3.8) is 0 Å². The molecular weight excluding hydrogens is 254 g/mol. The van der Waals surface area contributed by atoms with E-state index in [1.165, 1.54) is 0 Å². The fraction of sp³-hybridized carbons (Fsp3) is 0.538. The Hall–Kier alpha value is -0.810. The molecule has 0 heterocycles. The van der Waals surface area contributed by atoms with E-state index in [1.54, 1.807) is 24.3 Å². The van der Waals surface area contributed by atoms with Crippen LogP contribution in [-0.4, -0.2) is 30.0 Å². The van der Waals surface area contributed by atoms with E-state index in [1.807, 2.05) is 20.8 Å². The van der Waals surface area contributed by atoms with Crippen LogP contribution in [0.15, 0.2) is 24.3 Å². The molecule has 0 aliphatic heterocycles. The number of aliphatic hydroxyl groups is 1. The van der Waals surface area contributed by atoms with Crippen LogP contribution in [0.1, 0.15) is 20.8 Å². The third-order valence-electron chi connectivity index (χ3n) is 1.95. The molecule has 1 rings (SSSR count). The first-order valence-corrected chi connectivity index (χ1v) is 6.22. The fourth-order valence-corrected chi connectivity index (χ4v) is 1.26. The van der Waals surface area contributed by atoms with Gasteiger partial charge in [-0.3, -0.25) is 4.84 Å². The molecular formula is C13H20ClNO3. The average Bonchev–Trinajstić information content (AvgIpc) is 2.26. The summed E-state index contributed by atoms with van der Waals surface area (Å²) in [5.41, 5.74) is 2.44. The second-order valence-corrected chi connectivity index (χ2v) is 5.42. The van der Waals surface area contributed by atoms with Crippen molar-refractivity contribution in [2.24, 2.45) is 0 Å². The highest BCUT2D eigenvalue weighted by atomic mass is 35.5. The quantitative estimate of drug-likeness (QED) is 0.782. The highest BCUT2D eigenvalue weighted by Gasteiger charge is 2.12. The molecule has 0 radical (unpaired) electrons. The fourth-order valence-electron chi connectivity index (χ4n) is 1.14. The van der Waals surface area contributed by atoms with Gasteiger partial charge < -0.3 is 9.84 Å². The van der Waals surface area contributed by atoms with E-state index in [0.29, 0.717) is 17.3 Å². The Kier molecular flexibility index (Phi) is 5.88. The molecule has 0 aromatic heterocycles. The molecule has 0 aliphatic carbocycles. The van der Waals surface area contributed by atoms with Crippen molar-refractivity contribution in [1.82, 2.24) is 5.48 Å². The van der Waals surface area contributed by atoms with Crippen molar-refractivity contribution in [2.75, 3.05) is 13.2 Å². The lowest BCUT2D eigenvalue weighted by atomic mass is 10.2. The van der Waals surface area contributed by atoms with Crippen molar-refractivity contribution in [1.29, 1.82) is 0 Å². The summed E-state index contributed by atoms with van der Waals surface area (Å²) in [5, 5.41) is 10.3. The molecule has 1 aromatic carbocycles. The molecule has 0 saturated heterocycles. The lowest BCUT2D eigenvalue weighted by molar-refractivity contribution is -0.0857. The molecule has 4 nitrogen and oxygen atoms in total. The molecule has 1 aromatic rings. The zero-order valence-corrected chi connectivity index (χ0v) is 11.7. The number of nitrogens with one attached hydrogen (secondary N) is 1. The van der Waals surface area contributed by atoms with Gasteiger partial charge in [0.15, 0.2) is 0 Å². The first-order chi connectivity index (χ1) is 8.37. The van der Waals surface area contributed by atoms with Gasteiger partial charge in [-0.1, -0.05) is 11.6 Å². The van der Waals surface area contributed by atoms with Crippen LogP contribution in [0.5, 0.6) is 5.75 Å². The molecule has 0 amide bonds. The lowest BCUT2D eigenvalue weighted by Crippen LogP contribution is -2.36. The predicted octanol–water partition coefficient (Wildman–Crippen LogP) is 2.40. The zero-order valence-electron chi connectivity index (χ0n) is 10.9. The summed E-state index contributed by atoms with van der Waals surface area (Å²) in [5.74, 6) is 0.676. The van der Waals surface area contributed by atoms with Gasteiger partial charge in [0, 0.05) is 5.02 Å². The Bertz CT molecular complexity index is 348. The number of aliphatic hydroxyl groups excluding tert-OH is 1. The smallest absolute Gasteiger partial charge is 0.119 e. The van der Waals surface area contributed by atoms with E-state index in [-0.39, 0.29) is 12.2 Å². The van der Waals surface area contributed by atoms with Crippen molar-refractivity contribution in [2.45, 2.75) is 32.5 Å². The number of hydroxylamine groups is 1. The summed E-state index contributed by atoms with van der Waals surface area (Å²) < 4.78 is 5.40. The van der Waals surface area contributed by atoms with Gasteiger partial charge >= 0.3 is 0 Å². The van der Waals surface area contributed by atoms with E-state index < -0.39 is 6.10 Å². The first-order valence-electron chi connectivity index (χ1n) is 5.84. The molecule has 1 unspecified atom stereocenters. The van der Waals surface area contributed by atoms with Crippen LogP contribution in [-0.2, 0) is 4.84 Å². The van der Waals surface area contributed by atoms with Crippen LogP contribution in [0, 0.1) is 0 Å². The molecule has 0 aliphatic rings. The minimum atomic E-state index is -0.636. The Morgan fingerprint density at radius 1 is 1.28 bits per heavy atom. The SMILES string of the molecule is CC(C)(C)ONCC(O)COc1ccc(Cl)cc1.